The maximum Gasteiger partial charge on any atom is 0.255 e. The summed E-state index contributed by atoms with van der Waals surface area (Å²) in [5.41, 5.74) is 1.42. The highest BCUT2D eigenvalue weighted by Crippen LogP contribution is 2.29. The van der Waals surface area contributed by atoms with Crippen molar-refractivity contribution in [1.82, 2.24) is 14.9 Å². The highest BCUT2D eigenvalue weighted by Gasteiger charge is 2.25. The van der Waals surface area contributed by atoms with Crippen LogP contribution in [0.1, 0.15) is 33.0 Å². The summed E-state index contributed by atoms with van der Waals surface area (Å²) in [5.74, 6) is -1.29. The Morgan fingerprint density at radius 3 is 2.31 bits per heavy atom. The first-order valence-corrected chi connectivity index (χ1v) is 12.2. The van der Waals surface area contributed by atoms with E-state index in [9.17, 15) is 14.4 Å². The predicted octanol–water partition coefficient (Wildman–Crippen LogP) is 4.72. The fraction of sp³-hybridized carbons (Fsp3) is 0.240. The number of carbonyl (C=O) groups is 3. The molecule has 0 bridgehead atoms. The Morgan fingerprint density at radius 2 is 1.64 bits per heavy atom. The van der Waals surface area contributed by atoms with Crippen molar-refractivity contribution < 1.29 is 19.1 Å². The number of aromatic nitrogens is 2. The van der Waals surface area contributed by atoms with Crippen molar-refractivity contribution in [3.05, 3.63) is 86.9 Å². The smallest absolute Gasteiger partial charge is 0.255 e. The molecule has 0 radical (unpaired) electrons. The molecule has 4 rings (SSSR count). The van der Waals surface area contributed by atoms with Gasteiger partial charge in [-0.05, 0) is 42.0 Å². The minimum atomic E-state index is -0.523. The number of anilines is 1. The van der Waals surface area contributed by atoms with Gasteiger partial charge >= 0.3 is 0 Å². The number of ketones is 1. The summed E-state index contributed by atoms with van der Waals surface area (Å²) < 4.78 is 5.30. The Labute approximate surface area is 222 Å². The van der Waals surface area contributed by atoms with Crippen molar-refractivity contribution in [1.29, 1.82) is 0 Å². The van der Waals surface area contributed by atoms with Crippen molar-refractivity contribution in [2.45, 2.75) is 13.0 Å². The summed E-state index contributed by atoms with van der Waals surface area (Å²) in [6.45, 7) is 1.97. The Bertz CT molecular complexity index is 1280. The van der Waals surface area contributed by atoms with Crippen LogP contribution in [0.3, 0.4) is 0 Å². The van der Waals surface area contributed by atoms with E-state index in [0.717, 1.165) is 0 Å². The summed E-state index contributed by atoms with van der Waals surface area (Å²) in [4.78, 5) is 49.8. The molecule has 36 heavy (non-hydrogen) atoms. The predicted molar refractivity (Wildman–Crippen MR) is 137 cm³/mol. The van der Waals surface area contributed by atoms with Gasteiger partial charge in [0.2, 0.25) is 11.7 Å². The molecule has 1 aromatic heterocycles. The summed E-state index contributed by atoms with van der Waals surface area (Å²) in [7, 11) is 0. The van der Waals surface area contributed by atoms with Crippen LogP contribution in [0.15, 0.2) is 54.9 Å². The Hall–Kier alpha value is -3.04. The van der Waals surface area contributed by atoms with Gasteiger partial charge in [0, 0.05) is 31.2 Å². The molecular formula is C25H21Cl3N4O4. The second kappa shape index (κ2) is 11.8. The maximum absolute atomic E-state index is 13.3. The minimum Gasteiger partial charge on any atom is -0.378 e. The van der Waals surface area contributed by atoms with Gasteiger partial charge in [0.1, 0.15) is 0 Å². The topological polar surface area (TPSA) is 92.7 Å². The monoisotopic (exact) mass is 546 g/mol. The van der Waals surface area contributed by atoms with Crippen molar-refractivity contribution in [2.24, 2.45) is 0 Å². The number of hydrogen-bond donors (Lipinski definition) is 0. The lowest BCUT2D eigenvalue weighted by atomic mass is 10.1. The van der Waals surface area contributed by atoms with Gasteiger partial charge < -0.3 is 14.5 Å². The van der Waals surface area contributed by atoms with E-state index < -0.39 is 18.1 Å². The molecule has 3 aromatic rings. The van der Waals surface area contributed by atoms with E-state index >= 15 is 0 Å². The summed E-state index contributed by atoms with van der Waals surface area (Å²) >= 11 is 18.7. The molecule has 2 heterocycles. The van der Waals surface area contributed by atoms with Crippen LogP contribution >= 0.6 is 34.8 Å². The Kier molecular flexibility index (Phi) is 8.53. The van der Waals surface area contributed by atoms with Crippen molar-refractivity contribution in [3.63, 3.8) is 0 Å². The van der Waals surface area contributed by atoms with E-state index in [-0.39, 0.29) is 23.3 Å². The number of hydrogen-bond acceptors (Lipinski definition) is 6. The van der Waals surface area contributed by atoms with Gasteiger partial charge in [-0.15, -0.1) is 0 Å². The van der Waals surface area contributed by atoms with Crippen LogP contribution in [0.5, 0.6) is 0 Å². The number of halogens is 3. The van der Waals surface area contributed by atoms with Crippen molar-refractivity contribution in [2.75, 3.05) is 31.2 Å². The lowest BCUT2D eigenvalue weighted by Crippen LogP contribution is -2.40. The van der Waals surface area contributed by atoms with Gasteiger partial charge in [0.25, 0.3) is 5.91 Å². The Balaban J connectivity index is 1.62. The van der Waals surface area contributed by atoms with E-state index in [4.69, 9.17) is 39.5 Å². The van der Waals surface area contributed by atoms with Crippen LogP contribution in [0.4, 0.5) is 5.69 Å². The van der Waals surface area contributed by atoms with Crippen LogP contribution in [0.2, 0.25) is 15.1 Å². The van der Waals surface area contributed by atoms with E-state index in [0.29, 0.717) is 53.2 Å². The van der Waals surface area contributed by atoms with Gasteiger partial charge in [-0.3, -0.25) is 14.4 Å². The second-order valence-electron chi connectivity index (χ2n) is 7.97. The number of Topliss-reactive ketones (excluding diaryl/α,β-unsaturated/α-hetero) is 1. The molecule has 8 nitrogen and oxygen atoms in total. The number of morpholine rings is 1. The zero-order valence-electron chi connectivity index (χ0n) is 19.0. The lowest BCUT2D eigenvalue weighted by Gasteiger charge is -2.28. The number of carbonyl (C=O) groups excluding carboxylic acids is 3. The zero-order chi connectivity index (χ0) is 25.7. The summed E-state index contributed by atoms with van der Waals surface area (Å²) in [6.07, 6.45) is 2.40. The van der Waals surface area contributed by atoms with E-state index in [1.165, 1.54) is 23.4 Å². The molecule has 186 valence electrons. The van der Waals surface area contributed by atoms with Gasteiger partial charge in [0.05, 0.1) is 46.8 Å². The first-order valence-electron chi connectivity index (χ1n) is 11.0. The van der Waals surface area contributed by atoms with Crippen molar-refractivity contribution in [3.8, 4) is 0 Å². The SMILES string of the molecule is O=C(CC(=O)N(Cc1ccc(Cl)c(Cl)c1)c1ccc(C(=O)N2CCOCC2)c(Cl)c1)c1ncccn1. The van der Waals surface area contributed by atoms with Crippen molar-refractivity contribution >= 4 is 58.1 Å². The largest absolute Gasteiger partial charge is 0.378 e. The average molecular weight is 548 g/mol. The minimum absolute atomic E-state index is 0.0511. The molecule has 0 spiro atoms. The van der Waals surface area contributed by atoms with Gasteiger partial charge in [0.15, 0.2) is 5.82 Å². The van der Waals surface area contributed by atoms with E-state index in [1.807, 2.05) is 0 Å². The molecule has 11 heteroatoms. The van der Waals surface area contributed by atoms with Gasteiger partial charge in [-0.2, -0.15) is 0 Å². The zero-order valence-corrected chi connectivity index (χ0v) is 21.3. The molecule has 0 saturated carbocycles. The molecule has 2 aromatic carbocycles. The van der Waals surface area contributed by atoms with Crippen LogP contribution in [-0.2, 0) is 16.1 Å². The van der Waals surface area contributed by atoms with Gasteiger partial charge in [-0.1, -0.05) is 40.9 Å². The normalized spacial score (nSPS) is 13.4. The fourth-order valence-corrected chi connectivity index (χ4v) is 4.26. The summed E-state index contributed by atoms with van der Waals surface area (Å²) in [5, 5.41) is 0.900. The van der Waals surface area contributed by atoms with Crippen LogP contribution in [-0.4, -0.2) is 58.8 Å². The standard InChI is InChI=1S/C25H21Cl3N4O4/c26-19-5-2-16(12-21(19)28)15-32(23(34)14-22(33)24-29-6-1-7-30-24)17-3-4-18(20(27)13-17)25(35)31-8-10-36-11-9-31/h1-7,12-13H,8-11,14-15H2. The molecule has 0 aliphatic carbocycles. The molecule has 2 amide bonds. The first-order chi connectivity index (χ1) is 17.3. The third-order valence-corrected chi connectivity index (χ3v) is 6.60. The van der Waals surface area contributed by atoms with Crippen LogP contribution in [0.25, 0.3) is 0 Å². The third-order valence-electron chi connectivity index (χ3n) is 5.55. The Morgan fingerprint density at radius 1 is 0.917 bits per heavy atom. The molecule has 1 fully saturated rings. The highest BCUT2D eigenvalue weighted by atomic mass is 35.5. The third kappa shape index (κ3) is 6.20. The quantitative estimate of drug-likeness (QED) is 0.314. The van der Waals surface area contributed by atoms with Crippen LogP contribution < -0.4 is 4.90 Å². The maximum atomic E-state index is 13.3. The number of benzene rings is 2. The number of nitrogens with zero attached hydrogens (tertiary/aromatic N) is 4. The molecule has 1 aliphatic rings. The van der Waals surface area contributed by atoms with Crippen LogP contribution in [0, 0.1) is 0 Å². The second-order valence-corrected chi connectivity index (χ2v) is 9.19. The molecule has 1 saturated heterocycles. The molecule has 1 aliphatic heterocycles. The lowest BCUT2D eigenvalue weighted by molar-refractivity contribution is -0.117. The van der Waals surface area contributed by atoms with E-state index in [1.54, 1.807) is 41.3 Å². The molecule has 0 unspecified atom stereocenters. The molecular weight excluding hydrogens is 527 g/mol. The summed E-state index contributed by atoms with van der Waals surface area (Å²) in [6, 6.07) is 11.3. The molecule has 0 atom stereocenters. The number of ether oxygens (including phenoxy) is 1. The average Bonchev–Trinajstić information content (AvgIpc) is 2.89. The highest BCUT2D eigenvalue weighted by molar-refractivity contribution is 6.42. The first kappa shape index (κ1) is 26.0. The van der Waals surface area contributed by atoms with Gasteiger partial charge in [-0.25, -0.2) is 9.97 Å². The van der Waals surface area contributed by atoms with E-state index in [2.05, 4.69) is 9.97 Å². The number of amides is 2. The molecule has 0 N–H and O–H groups in total. The fourth-order valence-electron chi connectivity index (χ4n) is 3.68. The number of rotatable bonds is 7.